The van der Waals surface area contributed by atoms with Crippen molar-refractivity contribution in [2.75, 3.05) is 13.2 Å². The van der Waals surface area contributed by atoms with Crippen LogP contribution in [0.5, 0.6) is 0 Å². The maximum Gasteiger partial charge on any atom is 0.151 e. The molecule has 4 rings (SSSR count). The first-order chi connectivity index (χ1) is 9.24. The minimum atomic E-state index is 0.522. The number of hydrogen-bond acceptors (Lipinski definition) is 4. The lowest BCUT2D eigenvalue weighted by molar-refractivity contribution is -0.0960. The van der Waals surface area contributed by atoms with Crippen molar-refractivity contribution in [3.05, 3.63) is 10.3 Å². The molecule has 0 saturated carbocycles. The van der Waals surface area contributed by atoms with Gasteiger partial charge < -0.3 is 4.74 Å². The Morgan fingerprint density at radius 3 is 2.26 bits per heavy atom. The van der Waals surface area contributed by atoms with Crippen molar-refractivity contribution < 1.29 is 4.74 Å². The van der Waals surface area contributed by atoms with E-state index in [-0.39, 0.29) is 0 Å². The molecule has 19 heavy (non-hydrogen) atoms. The summed E-state index contributed by atoms with van der Waals surface area (Å²) in [5.74, 6) is 0. The van der Waals surface area contributed by atoms with Gasteiger partial charge in [0.2, 0.25) is 0 Å². The Morgan fingerprint density at radius 2 is 1.79 bits per heavy atom. The van der Waals surface area contributed by atoms with Crippen molar-refractivity contribution in [2.24, 2.45) is 0 Å². The van der Waals surface area contributed by atoms with E-state index in [2.05, 4.69) is 42.7 Å². The van der Waals surface area contributed by atoms with E-state index in [1.54, 1.807) is 0 Å². The molecule has 0 aliphatic carbocycles. The van der Waals surface area contributed by atoms with Crippen LogP contribution in [0.2, 0.25) is 0 Å². The minimum absolute atomic E-state index is 0.522. The number of ether oxygens (including phenoxy) is 1. The molecule has 3 fully saturated rings. The van der Waals surface area contributed by atoms with Gasteiger partial charge in [0.25, 0.3) is 0 Å². The maximum absolute atomic E-state index is 5.37. The van der Waals surface area contributed by atoms with Crippen LogP contribution in [0.1, 0.15) is 37.4 Å². The number of hydrogen-bond donors (Lipinski definition) is 0. The number of halogens is 1. The third kappa shape index (κ3) is 1.87. The standard InChI is InChI=1S/C13H19BrN4O/c1-8-13(14)15-16-18(8)11-4-9-2-3-10(5-11)17(9)12-6-19-7-12/h9-12H,2-7H2,1H3/t9-,10+,11?. The van der Waals surface area contributed by atoms with Gasteiger partial charge in [-0.15, -0.1) is 5.10 Å². The summed E-state index contributed by atoms with van der Waals surface area (Å²) in [6.07, 6.45) is 5.10. The second kappa shape index (κ2) is 4.53. The molecule has 4 heterocycles. The van der Waals surface area contributed by atoms with E-state index in [9.17, 15) is 0 Å². The van der Waals surface area contributed by atoms with E-state index >= 15 is 0 Å². The highest BCUT2D eigenvalue weighted by atomic mass is 79.9. The fourth-order valence-electron chi connectivity index (χ4n) is 4.04. The third-order valence-corrected chi connectivity index (χ3v) is 5.76. The molecule has 1 aromatic heterocycles. The van der Waals surface area contributed by atoms with Crippen molar-refractivity contribution in [3.8, 4) is 0 Å². The van der Waals surface area contributed by atoms with Crippen LogP contribution in [0.4, 0.5) is 0 Å². The van der Waals surface area contributed by atoms with Gasteiger partial charge in [0.15, 0.2) is 4.60 Å². The third-order valence-electron chi connectivity index (χ3n) is 5.02. The average Bonchev–Trinajstić information content (AvgIpc) is 2.78. The lowest BCUT2D eigenvalue weighted by Crippen LogP contribution is -2.56. The van der Waals surface area contributed by atoms with Gasteiger partial charge in [-0.2, -0.15) is 0 Å². The predicted octanol–water partition coefficient (Wildman–Crippen LogP) is 1.92. The predicted molar refractivity (Wildman–Crippen MR) is 74.0 cm³/mol. The van der Waals surface area contributed by atoms with Crippen LogP contribution in [-0.2, 0) is 4.74 Å². The Morgan fingerprint density at radius 1 is 1.11 bits per heavy atom. The molecule has 6 heteroatoms. The van der Waals surface area contributed by atoms with Gasteiger partial charge in [0.1, 0.15) is 0 Å². The largest absolute Gasteiger partial charge is 0.378 e. The highest BCUT2D eigenvalue weighted by Crippen LogP contribution is 2.43. The zero-order chi connectivity index (χ0) is 13.0. The Bertz CT molecular complexity index is 473. The van der Waals surface area contributed by atoms with E-state index in [0.29, 0.717) is 12.1 Å². The summed E-state index contributed by atoms with van der Waals surface area (Å²) in [4.78, 5) is 2.74. The van der Waals surface area contributed by atoms with Crippen molar-refractivity contribution in [3.63, 3.8) is 0 Å². The molecule has 0 spiro atoms. The monoisotopic (exact) mass is 326 g/mol. The van der Waals surface area contributed by atoms with Gasteiger partial charge in [-0.25, -0.2) is 4.68 Å². The molecular formula is C13H19BrN4O. The SMILES string of the molecule is Cc1c(Br)nnn1C1C[C@H]2CC[C@@H](C1)N2C1COC1. The normalized spacial score (nSPS) is 35.6. The van der Waals surface area contributed by atoms with Gasteiger partial charge in [-0.1, -0.05) is 5.21 Å². The molecule has 0 radical (unpaired) electrons. The Hall–Kier alpha value is -0.460. The zero-order valence-corrected chi connectivity index (χ0v) is 12.7. The van der Waals surface area contributed by atoms with E-state index in [4.69, 9.17) is 4.74 Å². The van der Waals surface area contributed by atoms with Crippen LogP contribution in [-0.4, -0.2) is 51.2 Å². The topological polar surface area (TPSA) is 43.2 Å². The van der Waals surface area contributed by atoms with Gasteiger partial charge in [-0.05, 0) is 48.5 Å². The van der Waals surface area contributed by atoms with Crippen molar-refractivity contribution >= 4 is 15.9 Å². The van der Waals surface area contributed by atoms with E-state index < -0.39 is 0 Å². The molecule has 1 unspecified atom stereocenters. The highest BCUT2D eigenvalue weighted by molar-refractivity contribution is 9.10. The summed E-state index contributed by atoms with van der Waals surface area (Å²) in [6, 6.07) is 2.65. The summed E-state index contributed by atoms with van der Waals surface area (Å²) in [6.45, 7) is 3.97. The number of fused-ring (bicyclic) bond motifs is 2. The first kappa shape index (κ1) is 12.3. The number of piperidine rings is 1. The molecule has 0 N–H and O–H groups in total. The summed E-state index contributed by atoms with van der Waals surface area (Å²) in [5.41, 5.74) is 1.16. The van der Waals surface area contributed by atoms with Crippen LogP contribution < -0.4 is 0 Å². The smallest absolute Gasteiger partial charge is 0.151 e. The Kier molecular flexibility index (Phi) is 2.93. The van der Waals surface area contributed by atoms with Gasteiger partial charge in [0, 0.05) is 12.1 Å². The van der Waals surface area contributed by atoms with Crippen molar-refractivity contribution in [1.82, 2.24) is 19.9 Å². The molecule has 3 aliphatic heterocycles. The molecular weight excluding hydrogens is 308 g/mol. The van der Waals surface area contributed by atoms with Crippen LogP contribution in [0, 0.1) is 6.92 Å². The Labute approximate surface area is 121 Å². The second-order valence-electron chi connectivity index (χ2n) is 6.06. The summed E-state index contributed by atoms with van der Waals surface area (Å²) >= 11 is 3.46. The molecule has 5 nitrogen and oxygen atoms in total. The summed E-state index contributed by atoms with van der Waals surface area (Å²) < 4.78 is 8.38. The lowest BCUT2D eigenvalue weighted by Gasteiger charge is -2.46. The second-order valence-corrected chi connectivity index (χ2v) is 6.81. The molecule has 1 aromatic rings. The first-order valence-corrected chi connectivity index (χ1v) is 7.96. The van der Waals surface area contributed by atoms with E-state index in [0.717, 1.165) is 35.6 Å². The fraction of sp³-hybridized carbons (Fsp3) is 0.846. The first-order valence-electron chi connectivity index (χ1n) is 7.16. The Balaban J connectivity index is 1.55. The summed E-state index contributed by atoms with van der Waals surface area (Å²) in [5, 5.41) is 8.46. The lowest BCUT2D eigenvalue weighted by atomic mass is 9.95. The van der Waals surface area contributed by atoms with Crippen LogP contribution in [0.15, 0.2) is 4.60 Å². The fourth-order valence-corrected chi connectivity index (χ4v) is 4.30. The number of nitrogens with zero attached hydrogens (tertiary/aromatic N) is 4. The summed E-state index contributed by atoms with van der Waals surface area (Å²) in [7, 11) is 0. The quantitative estimate of drug-likeness (QED) is 0.832. The van der Waals surface area contributed by atoms with E-state index in [1.165, 1.54) is 25.7 Å². The van der Waals surface area contributed by atoms with Gasteiger partial charge in [0.05, 0.1) is 31.0 Å². The molecule has 3 saturated heterocycles. The molecule has 104 valence electrons. The van der Waals surface area contributed by atoms with Crippen LogP contribution in [0.25, 0.3) is 0 Å². The van der Waals surface area contributed by atoms with Gasteiger partial charge in [-0.3, -0.25) is 4.90 Å². The van der Waals surface area contributed by atoms with Crippen LogP contribution in [0.3, 0.4) is 0 Å². The minimum Gasteiger partial charge on any atom is -0.378 e. The number of aromatic nitrogens is 3. The van der Waals surface area contributed by atoms with Crippen molar-refractivity contribution in [2.45, 2.75) is 56.8 Å². The molecule has 2 bridgehead atoms. The van der Waals surface area contributed by atoms with E-state index in [1.807, 2.05) is 0 Å². The highest BCUT2D eigenvalue weighted by Gasteiger charge is 2.46. The van der Waals surface area contributed by atoms with Crippen LogP contribution >= 0.6 is 15.9 Å². The average molecular weight is 327 g/mol. The molecule has 0 aromatic carbocycles. The molecule has 0 amide bonds. The number of rotatable bonds is 2. The molecule has 3 aliphatic rings. The zero-order valence-electron chi connectivity index (χ0n) is 11.1. The van der Waals surface area contributed by atoms with Gasteiger partial charge >= 0.3 is 0 Å². The molecule has 3 atom stereocenters. The maximum atomic E-state index is 5.37. The van der Waals surface area contributed by atoms with Crippen molar-refractivity contribution in [1.29, 1.82) is 0 Å².